The number of aromatic nitrogens is 2. The van der Waals surface area contributed by atoms with Gasteiger partial charge in [0, 0.05) is 50.5 Å². The fourth-order valence-corrected chi connectivity index (χ4v) is 3.82. The fourth-order valence-electron chi connectivity index (χ4n) is 3.82. The van der Waals surface area contributed by atoms with Gasteiger partial charge < -0.3 is 20.7 Å². The summed E-state index contributed by atoms with van der Waals surface area (Å²) in [6.07, 6.45) is 5.44. The van der Waals surface area contributed by atoms with Gasteiger partial charge in [-0.25, -0.2) is 4.98 Å². The lowest BCUT2D eigenvalue weighted by molar-refractivity contribution is 0.0963. The van der Waals surface area contributed by atoms with Crippen LogP contribution in [0.15, 0.2) is 42.7 Å². The van der Waals surface area contributed by atoms with Crippen molar-refractivity contribution in [2.75, 3.05) is 25.5 Å². The molecular weight excluding hydrogens is 354 g/mol. The zero-order valence-electron chi connectivity index (χ0n) is 15.9. The lowest BCUT2D eigenvalue weighted by Gasteiger charge is -2.33. The van der Waals surface area contributed by atoms with Gasteiger partial charge in [-0.2, -0.15) is 0 Å². The van der Waals surface area contributed by atoms with Gasteiger partial charge in [-0.15, -0.1) is 0 Å². The number of piperidine rings is 1. The number of carbonyl (C=O) groups is 1. The molecule has 3 aromatic rings. The number of pyridine rings is 1. The van der Waals surface area contributed by atoms with Gasteiger partial charge in [0.25, 0.3) is 5.91 Å². The Kier molecular flexibility index (Phi) is 5.16. The zero-order valence-corrected chi connectivity index (χ0v) is 15.9. The van der Waals surface area contributed by atoms with Crippen molar-refractivity contribution in [3.05, 3.63) is 53.9 Å². The number of anilines is 1. The summed E-state index contributed by atoms with van der Waals surface area (Å²) in [6.45, 7) is 2.76. The van der Waals surface area contributed by atoms with Gasteiger partial charge in [0.15, 0.2) is 0 Å². The molecule has 0 spiro atoms. The Morgan fingerprint density at radius 1 is 1.32 bits per heavy atom. The number of hydrogen-bond acceptors (Lipinski definition) is 5. The summed E-state index contributed by atoms with van der Waals surface area (Å²) in [4.78, 5) is 22.1. The molecule has 3 heterocycles. The molecule has 1 aliphatic rings. The molecule has 0 radical (unpaired) electrons. The molecule has 0 atom stereocenters. The van der Waals surface area contributed by atoms with Crippen LogP contribution in [0.25, 0.3) is 11.0 Å². The first-order valence-corrected chi connectivity index (χ1v) is 9.59. The van der Waals surface area contributed by atoms with E-state index in [2.05, 4.69) is 25.5 Å². The monoisotopic (exact) mass is 379 g/mol. The summed E-state index contributed by atoms with van der Waals surface area (Å²) in [6, 6.07) is 9.68. The van der Waals surface area contributed by atoms with Crippen molar-refractivity contribution in [1.29, 1.82) is 0 Å². The van der Waals surface area contributed by atoms with Crippen molar-refractivity contribution in [3.63, 3.8) is 0 Å². The van der Waals surface area contributed by atoms with Gasteiger partial charge in [0.05, 0.1) is 11.3 Å². The number of benzene rings is 1. The molecule has 7 nitrogen and oxygen atoms in total. The molecule has 1 aromatic carbocycles. The maximum absolute atomic E-state index is 12.3. The fraction of sp³-hybridized carbons (Fsp3) is 0.333. The van der Waals surface area contributed by atoms with E-state index in [4.69, 9.17) is 0 Å². The Balaban J connectivity index is 1.45. The molecule has 0 aliphatic carbocycles. The normalized spacial score (nSPS) is 15.6. The Hall–Kier alpha value is -3.06. The van der Waals surface area contributed by atoms with E-state index in [0.29, 0.717) is 17.4 Å². The molecule has 28 heavy (non-hydrogen) atoms. The lowest BCUT2D eigenvalue weighted by atomic mass is 10.0. The number of amides is 1. The number of rotatable bonds is 5. The van der Waals surface area contributed by atoms with E-state index in [-0.39, 0.29) is 5.91 Å². The van der Waals surface area contributed by atoms with Gasteiger partial charge in [-0.3, -0.25) is 9.69 Å². The van der Waals surface area contributed by atoms with E-state index >= 15 is 0 Å². The van der Waals surface area contributed by atoms with E-state index in [1.165, 1.54) is 0 Å². The number of carbonyl (C=O) groups excluding carboxylic acids is 1. The maximum atomic E-state index is 12.3. The summed E-state index contributed by atoms with van der Waals surface area (Å²) in [5.74, 6) is 0.170. The standard InChI is InChI=1S/C21H25N5O2/c1-22-21(28)18-12-24-20-17(5-8-23-20)19(18)25-15-6-9-26(10-7-15)13-14-3-2-4-16(27)11-14/h2-5,8,11-12,15,27H,6-7,9-10,13H2,1H3,(H,22,28)(H2,23,24,25). The second kappa shape index (κ2) is 7.90. The second-order valence-corrected chi connectivity index (χ2v) is 7.23. The van der Waals surface area contributed by atoms with Crippen LogP contribution in [0, 0.1) is 0 Å². The predicted octanol–water partition coefficient (Wildman–Crippen LogP) is 2.70. The molecule has 1 aliphatic heterocycles. The first-order chi connectivity index (χ1) is 13.6. The van der Waals surface area contributed by atoms with Crippen LogP contribution < -0.4 is 10.6 Å². The van der Waals surface area contributed by atoms with Gasteiger partial charge in [-0.1, -0.05) is 12.1 Å². The van der Waals surface area contributed by atoms with Crippen molar-refractivity contribution in [3.8, 4) is 5.75 Å². The molecule has 0 saturated carbocycles. The molecule has 2 aromatic heterocycles. The number of H-pyrrole nitrogens is 1. The first kappa shape index (κ1) is 18.3. The molecule has 4 N–H and O–H groups in total. The number of aromatic hydroxyl groups is 1. The third kappa shape index (κ3) is 3.80. The minimum atomic E-state index is -0.139. The number of nitrogens with one attached hydrogen (secondary N) is 3. The number of aromatic amines is 1. The van der Waals surface area contributed by atoms with E-state index in [1.807, 2.05) is 30.5 Å². The minimum Gasteiger partial charge on any atom is -0.508 e. The van der Waals surface area contributed by atoms with Crippen molar-refractivity contribution < 1.29 is 9.90 Å². The van der Waals surface area contributed by atoms with Gasteiger partial charge in [-0.05, 0) is 36.6 Å². The summed E-state index contributed by atoms with van der Waals surface area (Å²) >= 11 is 0. The molecule has 0 bridgehead atoms. The average Bonchev–Trinajstić information content (AvgIpc) is 3.18. The summed E-state index contributed by atoms with van der Waals surface area (Å²) in [7, 11) is 1.63. The SMILES string of the molecule is CNC(=O)c1cnc2[nH]ccc2c1NC1CCN(Cc2cccc(O)c2)CC1. The average molecular weight is 379 g/mol. The van der Waals surface area contributed by atoms with Crippen LogP contribution in [0.1, 0.15) is 28.8 Å². The Morgan fingerprint density at radius 2 is 2.14 bits per heavy atom. The summed E-state index contributed by atoms with van der Waals surface area (Å²) in [5.41, 5.74) is 3.31. The number of likely N-dealkylation sites (tertiary alicyclic amines) is 1. The number of phenolic OH excluding ortho intramolecular Hbond substituents is 1. The van der Waals surface area contributed by atoms with Crippen LogP contribution in [0.5, 0.6) is 5.75 Å². The van der Waals surface area contributed by atoms with Crippen LogP contribution in [0.4, 0.5) is 5.69 Å². The van der Waals surface area contributed by atoms with Crippen molar-refractivity contribution in [2.45, 2.75) is 25.4 Å². The Bertz CT molecular complexity index is 976. The predicted molar refractivity (Wildman–Crippen MR) is 110 cm³/mol. The largest absolute Gasteiger partial charge is 0.508 e. The maximum Gasteiger partial charge on any atom is 0.254 e. The topological polar surface area (TPSA) is 93.3 Å². The molecule has 1 saturated heterocycles. The summed E-state index contributed by atoms with van der Waals surface area (Å²) < 4.78 is 0. The van der Waals surface area contributed by atoms with Crippen LogP contribution in [-0.4, -0.2) is 52.1 Å². The van der Waals surface area contributed by atoms with Crippen LogP contribution >= 0.6 is 0 Å². The smallest absolute Gasteiger partial charge is 0.254 e. The highest BCUT2D eigenvalue weighted by molar-refractivity contribution is 6.06. The van der Waals surface area contributed by atoms with Crippen LogP contribution in [0.3, 0.4) is 0 Å². The number of phenols is 1. The highest BCUT2D eigenvalue weighted by atomic mass is 16.3. The molecule has 0 unspecified atom stereocenters. The third-order valence-electron chi connectivity index (χ3n) is 5.31. The quantitative estimate of drug-likeness (QED) is 0.547. The van der Waals surface area contributed by atoms with Crippen molar-refractivity contribution >= 4 is 22.6 Å². The van der Waals surface area contributed by atoms with Gasteiger partial charge in [0.2, 0.25) is 0 Å². The lowest BCUT2D eigenvalue weighted by Crippen LogP contribution is -2.39. The van der Waals surface area contributed by atoms with Crippen LogP contribution in [0.2, 0.25) is 0 Å². The van der Waals surface area contributed by atoms with Crippen LogP contribution in [-0.2, 0) is 6.54 Å². The van der Waals surface area contributed by atoms with Crippen molar-refractivity contribution in [2.24, 2.45) is 0 Å². The Labute approximate surface area is 163 Å². The minimum absolute atomic E-state index is 0.139. The molecule has 1 amide bonds. The third-order valence-corrected chi connectivity index (χ3v) is 5.31. The zero-order chi connectivity index (χ0) is 19.5. The highest BCUT2D eigenvalue weighted by Gasteiger charge is 2.22. The van der Waals surface area contributed by atoms with E-state index in [1.54, 1.807) is 19.3 Å². The molecule has 4 rings (SSSR count). The number of nitrogens with zero attached hydrogens (tertiary/aromatic N) is 2. The van der Waals surface area contributed by atoms with E-state index in [9.17, 15) is 9.90 Å². The van der Waals surface area contributed by atoms with Gasteiger partial charge in [0.1, 0.15) is 11.4 Å². The van der Waals surface area contributed by atoms with E-state index < -0.39 is 0 Å². The highest BCUT2D eigenvalue weighted by Crippen LogP contribution is 2.28. The molecule has 146 valence electrons. The van der Waals surface area contributed by atoms with Crippen molar-refractivity contribution in [1.82, 2.24) is 20.2 Å². The molecule has 1 fully saturated rings. The first-order valence-electron chi connectivity index (χ1n) is 9.59. The Morgan fingerprint density at radius 3 is 2.89 bits per heavy atom. The number of hydrogen-bond donors (Lipinski definition) is 4. The second-order valence-electron chi connectivity index (χ2n) is 7.23. The number of fused-ring (bicyclic) bond motifs is 1. The van der Waals surface area contributed by atoms with Gasteiger partial charge >= 0.3 is 0 Å². The molecule has 7 heteroatoms. The summed E-state index contributed by atoms with van der Waals surface area (Å²) in [5, 5.41) is 16.9. The molecular formula is C21H25N5O2. The van der Waals surface area contributed by atoms with E-state index in [0.717, 1.165) is 54.8 Å².